The minimum absolute atomic E-state index is 0.153. The molecule has 1 unspecified atom stereocenters. The first kappa shape index (κ1) is 14.3. The summed E-state index contributed by atoms with van der Waals surface area (Å²) in [6, 6.07) is -1.33. The Balaban J connectivity index is 4.35. The Morgan fingerprint density at radius 3 is 2.44 bits per heavy atom. The van der Waals surface area contributed by atoms with E-state index in [0.717, 1.165) is 0 Å². The van der Waals surface area contributed by atoms with Crippen LogP contribution in [-0.2, 0) is 4.79 Å². The molecule has 90 valence electrons. The number of rotatable bonds is 5. The van der Waals surface area contributed by atoms with Crippen LogP contribution in [0, 0.1) is 18.3 Å². The van der Waals surface area contributed by atoms with Gasteiger partial charge in [0, 0.05) is 7.05 Å². The fraction of sp³-hybridized carbons (Fsp3) is 0.636. The Labute approximate surface area is 95.8 Å². The number of carbonyl (C=O) groups is 2. The van der Waals surface area contributed by atoms with E-state index in [2.05, 4.69) is 11.2 Å². The van der Waals surface area contributed by atoms with Gasteiger partial charge in [-0.05, 0) is 12.3 Å². The van der Waals surface area contributed by atoms with Crippen molar-refractivity contribution in [2.75, 3.05) is 13.6 Å². The monoisotopic (exact) mass is 226 g/mol. The third kappa shape index (κ3) is 5.25. The molecule has 0 saturated heterocycles. The first-order valence-corrected chi connectivity index (χ1v) is 5.06. The highest BCUT2D eigenvalue weighted by Crippen LogP contribution is 2.05. The van der Waals surface area contributed by atoms with Crippen molar-refractivity contribution in [1.82, 2.24) is 10.2 Å². The van der Waals surface area contributed by atoms with E-state index < -0.39 is 18.0 Å². The van der Waals surface area contributed by atoms with Crippen molar-refractivity contribution in [3.05, 3.63) is 0 Å². The number of amides is 2. The maximum Gasteiger partial charge on any atom is 0.326 e. The van der Waals surface area contributed by atoms with Crippen molar-refractivity contribution >= 4 is 12.0 Å². The molecule has 2 N–H and O–H groups in total. The maximum atomic E-state index is 11.5. The van der Waals surface area contributed by atoms with Gasteiger partial charge in [0.25, 0.3) is 0 Å². The van der Waals surface area contributed by atoms with E-state index in [1.165, 1.54) is 11.9 Å². The van der Waals surface area contributed by atoms with Crippen molar-refractivity contribution in [2.45, 2.75) is 26.3 Å². The molecular weight excluding hydrogens is 208 g/mol. The standard InChI is InChI=1S/C11H18N2O3/c1-5-6-13(4)11(16)12-9(10(14)15)7-8(2)3/h1,8-9H,6-7H2,2-4H3,(H,12,16)(H,14,15). The third-order valence-electron chi connectivity index (χ3n) is 1.98. The SMILES string of the molecule is C#CCN(C)C(=O)NC(CC(C)C)C(=O)O. The average Bonchev–Trinajstić information content (AvgIpc) is 2.16. The second-order valence-electron chi connectivity index (χ2n) is 4.03. The van der Waals surface area contributed by atoms with Gasteiger partial charge in [-0.1, -0.05) is 19.8 Å². The molecule has 16 heavy (non-hydrogen) atoms. The summed E-state index contributed by atoms with van der Waals surface area (Å²) in [7, 11) is 1.52. The molecule has 2 amide bonds. The van der Waals surface area contributed by atoms with Crippen molar-refractivity contribution in [2.24, 2.45) is 5.92 Å². The predicted molar refractivity (Wildman–Crippen MR) is 60.9 cm³/mol. The molecule has 5 heteroatoms. The van der Waals surface area contributed by atoms with Gasteiger partial charge in [0.05, 0.1) is 6.54 Å². The van der Waals surface area contributed by atoms with Gasteiger partial charge in [0.1, 0.15) is 6.04 Å². The fourth-order valence-electron chi connectivity index (χ4n) is 1.16. The zero-order chi connectivity index (χ0) is 12.7. The number of hydrogen-bond donors (Lipinski definition) is 2. The lowest BCUT2D eigenvalue weighted by Crippen LogP contribution is -2.47. The molecule has 0 aliphatic heterocycles. The lowest BCUT2D eigenvalue weighted by atomic mass is 10.0. The van der Waals surface area contributed by atoms with Crippen molar-refractivity contribution < 1.29 is 14.7 Å². The number of carboxylic acid groups (broad SMARTS) is 1. The van der Waals surface area contributed by atoms with Gasteiger partial charge in [-0.3, -0.25) is 0 Å². The zero-order valence-electron chi connectivity index (χ0n) is 9.86. The van der Waals surface area contributed by atoms with Crippen molar-refractivity contribution in [1.29, 1.82) is 0 Å². The van der Waals surface area contributed by atoms with Gasteiger partial charge < -0.3 is 15.3 Å². The summed E-state index contributed by atoms with van der Waals surface area (Å²) < 4.78 is 0. The fourth-order valence-corrected chi connectivity index (χ4v) is 1.16. The van der Waals surface area contributed by atoms with Crippen LogP contribution in [0.1, 0.15) is 20.3 Å². The smallest absolute Gasteiger partial charge is 0.326 e. The Hall–Kier alpha value is -1.70. The molecule has 0 aliphatic carbocycles. The molecular formula is C11H18N2O3. The Kier molecular flexibility index (Phi) is 6.01. The number of aliphatic carboxylic acids is 1. The lowest BCUT2D eigenvalue weighted by Gasteiger charge is -2.20. The zero-order valence-corrected chi connectivity index (χ0v) is 9.86. The summed E-state index contributed by atoms with van der Waals surface area (Å²) in [5, 5.41) is 11.3. The third-order valence-corrected chi connectivity index (χ3v) is 1.98. The van der Waals surface area contributed by atoms with E-state index in [-0.39, 0.29) is 12.5 Å². The van der Waals surface area contributed by atoms with Crippen LogP contribution in [0.2, 0.25) is 0 Å². The first-order valence-electron chi connectivity index (χ1n) is 5.06. The second-order valence-corrected chi connectivity index (χ2v) is 4.03. The van der Waals surface area contributed by atoms with Crippen LogP contribution in [0.15, 0.2) is 0 Å². The molecule has 0 aromatic carbocycles. The molecule has 0 bridgehead atoms. The molecule has 0 heterocycles. The van der Waals surface area contributed by atoms with Gasteiger partial charge >= 0.3 is 12.0 Å². The Morgan fingerprint density at radius 2 is 2.06 bits per heavy atom. The number of nitrogens with one attached hydrogen (secondary N) is 1. The van der Waals surface area contributed by atoms with Gasteiger partial charge in [0.15, 0.2) is 0 Å². The van der Waals surface area contributed by atoms with Crippen LogP contribution in [-0.4, -0.2) is 41.6 Å². The normalized spacial score (nSPS) is 11.7. The van der Waals surface area contributed by atoms with E-state index >= 15 is 0 Å². The van der Waals surface area contributed by atoms with E-state index in [1.807, 2.05) is 13.8 Å². The number of carbonyl (C=O) groups excluding carboxylic acids is 1. The first-order chi connectivity index (χ1) is 7.38. The van der Waals surface area contributed by atoms with Gasteiger partial charge in [0.2, 0.25) is 0 Å². The predicted octanol–water partition coefficient (Wildman–Crippen LogP) is 0.760. The molecule has 0 rings (SSSR count). The lowest BCUT2D eigenvalue weighted by molar-refractivity contribution is -0.139. The molecule has 0 spiro atoms. The van der Waals surface area contributed by atoms with E-state index in [9.17, 15) is 9.59 Å². The highest BCUT2D eigenvalue weighted by Gasteiger charge is 2.22. The number of carboxylic acids is 1. The quantitative estimate of drug-likeness (QED) is 0.680. The molecule has 0 aromatic heterocycles. The van der Waals surface area contributed by atoms with Crippen LogP contribution in [0.5, 0.6) is 0 Å². The highest BCUT2D eigenvalue weighted by atomic mass is 16.4. The van der Waals surface area contributed by atoms with Crippen LogP contribution < -0.4 is 5.32 Å². The van der Waals surface area contributed by atoms with Gasteiger partial charge in [-0.2, -0.15) is 0 Å². The number of hydrogen-bond acceptors (Lipinski definition) is 2. The van der Waals surface area contributed by atoms with Crippen molar-refractivity contribution in [3.63, 3.8) is 0 Å². The minimum Gasteiger partial charge on any atom is -0.480 e. The van der Waals surface area contributed by atoms with E-state index in [0.29, 0.717) is 6.42 Å². The minimum atomic E-state index is -1.03. The van der Waals surface area contributed by atoms with E-state index in [4.69, 9.17) is 11.5 Å². The average molecular weight is 226 g/mol. The second kappa shape index (κ2) is 6.72. The van der Waals surface area contributed by atoms with Crippen LogP contribution >= 0.6 is 0 Å². The van der Waals surface area contributed by atoms with E-state index in [1.54, 1.807) is 0 Å². The summed E-state index contributed by atoms with van der Waals surface area (Å²) in [4.78, 5) is 23.6. The van der Waals surface area contributed by atoms with Crippen LogP contribution in [0.25, 0.3) is 0 Å². The summed E-state index contributed by atoms with van der Waals surface area (Å²) in [5.41, 5.74) is 0. The molecule has 1 atom stereocenters. The summed E-state index contributed by atoms with van der Waals surface area (Å²) in [6.07, 6.45) is 5.44. The van der Waals surface area contributed by atoms with Gasteiger partial charge in [-0.15, -0.1) is 6.42 Å². The van der Waals surface area contributed by atoms with Gasteiger partial charge in [-0.25, -0.2) is 9.59 Å². The Morgan fingerprint density at radius 1 is 1.50 bits per heavy atom. The molecule has 0 radical (unpaired) electrons. The molecule has 0 aliphatic rings. The number of terminal acetylenes is 1. The van der Waals surface area contributed by atoms with Crippen LogP contribution in [0.3, 0.4) is 0 Å². The molecule has 0 saturated carbocycles. The largest absolute Gasteiger partial charge is 0.480 e. The molecule has 0 aromatic rings. The topological polar surface area (TPSA) is 69.6 Å². The summed E-state index contributed by atoms with van der Waals surface area (Å²) in [6.45, 7) is 3.94. The summed E-state index contributed by atoms with van der Waals surface area (Å²) in [5.74, 6) is 1.47. The summed E-state index contributed by atoms with van der Waals surface area (Å²) >= 11 is 0. The highest BCUT2D eigenvalue weighted by molar-refractivity contribution is 5.82. The number of urea groups is 1. The maximum absolute atomic E-state index is 11.5. The van der Waals surface area contributed by atoms with Crippen molar-refractivity contribution in [3.8, 4) is 12.3 Å². The Bertz CT molecular complexity index is 294. The van der Waals surface area contributed by atoms with Crippen LogP contribution in [0.4, 0.5) is 4.79 Å². The number of nitrogens with zero attached hydrogens (tertiary/aromatic N) is 1. The molecule has 0 fully saturated rings. The molecule has 5 nitrogen and oxygen atoms in total.